The van der Waals surface area contributed by atoms with Gasteiger partial charge in [-0.25, -0.2) is 0 Å². The molecule has 13 heavy (non-hydrogen) atoms. The van der Waals surface area contributed by atoms with Gasteiger partial charge in [-0.15, -0.1) is 0 Å². The number of carbonyl (C=O) groups excluding carboxylic acids is 1. The van der Waals surface area contributed by atoms with Crippen molar-refractivity contribution < 1.29 is 9.90 Å². The lowest BCUT2D eigenvalue weighted by molar-refractivity contribution is -0.122. The van der Waals surface area contributed by atoms with Crippen molar-refractivity contribution in [1.82, 2.24) is 15.1 Å². The van der Waals surface area contributed by atoms with Gasteiger partial charge < -0.3 is 10.4 Å². The van der Waals surface area contributed by atoms with Crippen LogP contribution >= 0.6 is 0 Å². The van der Waals surface area contributed by atoms with Crippen LogP contribution in [-0.4, -0.2) is 33.4 Å². The van der Waals surface area contributed by atoms with Crippen LogP contribution < -0.4 is 5.32 Å². The molecule has 72 valence electrons. The van der Waals surface area contributed by atoms with Crippen molar-refractivity contribution in [3.05, 3.63) is 18.5 Å². The summed E-state index contributed by atoms with van der Waals surface area (Å²) in [7, 11) is 0. The number of aliphatic hydroxyl groups excluding tert-OH is 1. The molecule has 1 rings (SSSR count). The Morgan fingerprint density at radius 2 is 2.54 bits per heavy atom. The lowest BCUT2D eigenvalue weighted by Gasteiger charge is -2.10. The number of nitrogens with zero attached hydrogens (tertiary/aromatic N) is 2. The summed E-state index contributed by atoms with van der Waals surface area (Å²) in [5.41, 5.74) is 0. The second kappa shape index (κ2) is 4.61. The molecule has 1 amide bonds. The van der Waals surface area contributed by atoms with Crippen molar-refractivity contribution in [2.75, 3.05) is 6.61 Å². The van der Waals surface area contributed by atoms with Gasteiger partial charge in [0.05, 0.1) is 6.61 Å². The minimum Gasteiger partial charge on any atom is -0.394 e. The van der Waals surface area contributed by atoms with E-state index >= 15 is 0 Å². The molecule has 2 N–H and O–H groups in total. The summed E-state index contributed by atoms with van der Waals surface area (Å²) in [5, 5.41) is 15.2. The fourth-order valence-electron chi connectivity index (χ4n) is 0.907. The molecule has 5 nitrogen and oxygen atoms in total. The van der Waals surface area contributed by atoms with Crippen LogP contribution in [0.25, 0.3) is 0 Å². The van der Waals surface area contributed by atoms with Gasteiger partial charge in [-0.1, -0.05) is 0 Å². The number of rotatable bonds is 4. The highest BCUT2D eigenvalue weighted by Crippen LogP contribution is 1.85. The van der Waals surface area contributed by atoms with Gasteiger partial charge in [-0.05, 0) is 13.0 Å². The molecule has 0 spiro atoms. The molecule has 1 unspecified atom stereocenters. The average molecular weight is 183 g/mol. The van der Waals surface area contributed by atoms with Gasteiger partial charge in [0, 0.05) is 18.4 Å². The maximum atomic E-state index is 11.2. The fourth-order valence-corrected chi connectivity index (χ4v) is 0.907. The average Bonchev–Trinajstić information content (AvgIpc) is 2.56. The van der Waals surface area contributed by atoms with Crippen LogP contribution in [0, 0.1) is 0 Å². The molecule has 1 aromatic rings. The minimum absolute atomic E-state index is 0.0507. The molecule has 1 heterocycles. The highest BCUT2D eigenvalue weighted by molar-refractivity contribution is 5.75. The first-order valence-corrected chi connectivity index (χ1v) is 4.10. The normalized spacial score (nSPS) is 12.5. The van der Waals surface area contributed by atoms with Crippen LogP contribution in [0.5, 0.6) is 0 Å². The summed E-state index contributed by atoms with van der Waals surface area (Å²) in [6, 6.07) is 1.55. The van der Waals surface area contributed by atoms with Gasteiger partial charge in [0.15, 0.2) is 0 Å². The van der Waals surface area contributed by atoms with E-state index < -0.39 is 0 Å². The Morgan fingerprint density at radius 1 is 1.77 bits per heavy atom. The molecule has 1 atom stereocenters. The molecule has 0 aromatic carbocycles. The summed E-state index contributed by atoms with van der Waals surface area (Å²) in [5.74, 6) is -0.148. The summed E-state index contributed by atoms with van der Waals surface area (Å²) >= 11 is 0. The molecule has 0 saturated heterocycles. The first kappa shape index (κ1) is 9.73. The molecule has 0 radical (unpaired) electrons. The second-order valence-corrected chi connectivity index (χ2v) is 2.85. The van der Waals surface area contributed by atoms with Crippen molar-refractivity contribution in [1.29, 1.82) is 0 Å². The monoisotopic (exact) mass is 183 g/mol. The number of aromatic nitrogens is 2. The molecule has 5 heteroatoms. The summed E-state index contributed by atoms with van der Waals surface area (Å²) in [6.45, 7) is 1.88. The quantitative estimate of drug-likeness (QED) is 0.653. The number of nitrogens with one attached hydrogen (secondary N) is 1. The summed E-state index contributed by atoms with van der Waals surface area (Å²) in [6.07, 6.45) is 3.33. The standard InChI is InChI=1S/C8H13N3O2/c1-7(6-12)10-8(13)5-11-4-2-3-9-11/h2-4,7,12H,5-6H2,1H3,(H,10,13). The Kier molecular flexibility index (Phi) is 3.45. The van der Waals surface area contributed by atoms with Gasteiger partial charge in [0.2, 0.25) is 5.91 Å². The smallest absolute Gasteiger partial charge is 0.242 e. The summed E-state index contributed by atoms with van der Waals surface area (Å²) < 4.78 is 1.53. The van der Waals surface area contributed by atoms with Crippen molar-refractivity contribution >= 4 is 5.91 Å². The van der Waals surface area contributed by atoms with Crippen LogP contribution in [0.3, 0.4) is 0 Å². The lowest BCUT2D eigenvalue weighted by atomic mass is 10.3. The van der Waals surface area contributed by atoms with Crippen molar-refractivity contribution in [3.8, 4) is 0 Å². The highest BCUT2D eigenvalue weighted by atomic mass is 16.3. The van der Waals surface area contributed by atoms with Crippen LogP contribution in [0.2, 0.25) is 0 Å². The first-order valence-electron chi connectivity index (χ1n) is 4.10. The Balaban J connectivity index is 2.34. The molecular weight excluding hydrogens is 170 g/mol. The Hall–Kier alpha value is -1.36. The molecule has 0 saturated carbocycles. The van der Waals surface area contributed by atoms with Gasteiger partial charge >= 0.3 is 0 Å². The van der Waals surface area contributed by atoms with E-state index in [0.29, 0.717) is 0 Å². The van der Waals surface area contributed by atoms with Crippen LogP contribution in [-0.2, 0) is 11.3 Å². The molecule has 0 fully saturated rings. The Bertz CT molecular complexity index is 258. The SMILES string of the molecule is CC(CO)NC(=O)Cn1cccn1. The van der Waals surface area contributed by atoms with Crippen molar-refractivity contribution in [3.63, 3.8) is 0 Å². The zero-order chi connectivity index (χ0) is 9.68. The number of hydrogen-bond acceptors (Lipinski definition) is 3. The van der Waals surface area contributed by atoms with E-state index in [1.54, 1.807) is 25.4 Å². The zero-order valence-electron chi connectivity index (χ0n) is 7.47. The largest absolute Gasteiger partial charge is 0.394 e. The minimum atomic E-state index is -0.205. The molecule has 0 aliphatic heterocycles. The topological polar surface area (TPSA) is 67.2 Å². The molecule has 0 bridgehead atoms. The predicted octanol–water partition coefficient (Wildman–Crippen LogP) is -0.620. The van der Waals surface area contributed by atoms with Crippen LogP contribution in [0.4, 0.5) is 0 Å². The van der Waals surface area contributed by atoms with E-state index in [-0.39, 0.29) is 25.1 Å². The highest BCUT2D eigenvalue weighted by Gasteiger charge is 2.05. The van der Waals surface area contributed by atoms with Crippen molar-refractivity contribution in [2.24, 2.45) is 0 Å². The number of carbonyl (C=O) groups is 1. The maximum absolute atomic E-state index is 11.2. The third-order valence-corrected chi connectivity index (χ3v) is 1.55. The van der Waals surface area contributed by atoms with Gasteiger partial charge in [0.1, 0.15) is 6.54 Å². The van der Waals surface area contributed by atoms with Crippen LogP contribution in [0.1, 0.15) is 6.92 Å². The molecule has 1 aromatic heterocycles. The molecule has 0 aliphatic carbocycles. The lowest BCUT2D eigenvalue weighted by Crippen LogP contribution is -2.37. The van der Waals surface area contributed by atoms with Crippen molar-refractivity contribution in [2.45, 2.75) is 19.5 Å². The molecular formula is C8H13N3O2. The fraction of sp³-hybridized carbons (Fsp3) is 0.500. The number of amides is 1. The van der Waals surface area contributed by atoms with E-state index in [2.05, 4.69) is 10.4 Å². The maximum Gasteiger partial charge on any atom is 0.242 e. The van der Waals surface area contributed by atoms with Crippen LogP contribution in [0.15, 0.2) is 18.5 Å². The number of hydrogen-bond donors (Lipinski definition) is 2. The van der Waals surface area contributed by atoms with E-state index in [0.717, 1.165) is 0 Å². The van der Waals surface area contributed by atoms with E-state index in [9.17, 15) is 4.79 Å². The predicted molar refractivity (Wildman–Crippen MR) is 46.9 cm³/mol. The Morgan fingerprint density at radius 3 is 3.08 bits per heavy atom. The van der Waals surface area contributed by atoms with Gasteiger partial charge in [0.25, 0.3) is 0 Å². The van der Waals surface area contributed by atoms with E-state index in [1.165, 1.54) is 4.68 Å². The second-order valence-electron chi connectivity index (χ2n) is 2.85. The Labute approximate surface area is 76.4 Å². The third-order valence-electron chi connectivity index (χ3n) is 1.55. The third kappa shape index (κ3) is 3.25. The first-order chi connectivity index (χ1) is 6.22. The zero-order valence-corrected chi connectivity index (χ0v) is 7.47. The van der Waals surface area contributed by atoms with Gasteiger partial charge in [-0.2, -0.15) is 5.10 Å². The summed E-state index contributed by atoms with van der Waals surface area (Å²) in [4.78, 5) is 11.2. The van der Waals surface area contributed by atoms with Gasteiger partial charge in [-0.3, -0.25) is 9.48 Å². The van der Waals surface area contributed by atoms with E-state index in [4.69, 9.17) is 5.11 Å². The van der Waals surface area contributed by atoms with E-state index in [1.807, 2.05) is 0 Å². The number of aliphatic hydroxyl groups is 1. The molecule has 0 aliphatic rings.